The van der Waals surface area contributed by atoms with E-state index < -0.39 is 0 Å². The lowest BCUT2D eigenvalue weighted by molar-refractivity contribution is 0.742. The molecule has 0 aliphatic carbocycles. The molecular formula is C24H36Br6. The van der Waals surface area contributed by atoms with Gasteiger partial charge in [-0.2, -0.15) is 0 Å². The Labute approximate surface area is 235 Å². The van der Waals surface area contributed by atoms with Crippen molar-refractivity contribution in [3.8, 4) is 0 Å². The SMILES string of the molecule is CCC(Br)c1c(C(Br)CC)c(C(Br)CC)c(C(Br)CC)c(C(Br)CC)c1C(Br)CC. The third-order valence-electron chi connectivity index (χ3n) is 5.77. The molecular weight excluding hydrogens is 768 g/mol. The maximum Gasteiger partial charge on any atom is 0.0399 e. The van der Waals surface area contributed by atoms with E-state index in [1.807, 2.05) is 0 Å². The zero-order chi connectivity index (χ0) is 23.2. The van der Waals surface area contributed by atoms with Crippen LogP contribution in [-0.2, 0) is 0 Å². The second kappa shape index (κ2) is 14.5. The lowest BCUT2D eigenvalue weighted by Gasteiger charge is -2.36. The van der Waals surface area contributed by atoms with Crippen LogP contribution in [0.5, 0.6) is 0 Å². The Hall–Kier alpha value is 2.10. The number of alkyl halides is 6. The maximum absolute atomic E-state index is 4.09. The average molecular weight is 804 g/mol. The Bertz CT molecular complexity index is 507. The summed E-state index contributed by atoms with van der Waals surface area (Å²) >= 11 is 24.5. The number of benzene rings is 1. The molecule has 1 rings (SSSR count). The highest BCUT2D eigenvalue weighted by Gasteiger charge is 2.35. The molecule has 0 bridgehead atoms. The molecule has 0 N–H and O–H groups in total. The van der Waals surface area contributed by atoms with Crippen molar-refractivity contribution in [1.29, 1.82) is 0 Å². The monoisotopic (exact) mass is 798 g/mol. The van der Waals surface area contributed by atoms with Gasteiger partial charge in [-0.05, 0) is 71.9 Å². The minimum atomic E-state index is 0.329. The van der Waals surface area contributed by atoms with Crippen molar-refractivity contribution in [2.75, 3.05) is 0 Å². The molecule has 0 aromatic heterocycles. The van der Waals surface area contributed by atoms with E-state index in [1.165, 1.54) is 33.4 Å². The summed E-state index contributed by atoms with van der Waals surface area (Å²) in [7, 11) is 0. The molecule has 0 heterocycles. The van der Waals surface area contributed by atoms with Gasteiger partial charge in [0.15, 0.2) is 0 Å². The number of rotatable bonds is 12. The predicted molar refractivity (Wildman–Crippen MR) is 158 cm³/mol. The summed E-state index contributed by atoms with van der Waals surface area (Å²) in [6.07, 6.45) is 6.39. The first-order chi connectivity index (χ1) is 14.2. The van der Waals surface area contributed by atoms with Gasteiger partial charge in [-0.25, -0.2) is 0 Å². The van der Waals surface area contributed by atoms with Gasteiger partial charge in [-0.1, -0.05) is 137 Å². The standard InChI is InChI=1S/C24H36Br6/c1-7-13(25)19-20(14(26)8-2)22(16(28)10-4)24(18(30)12-6)23(17(29)11-5)21(19)15(27)9-3/h13-18H,7-12H2,1-6H3. The summed E-state index contributed by atoms with van der Waals surface area (Å²) in [5, 5.41) is 0. The maximum atomic E-state index is 4.09. The first-order valence-electron chi connectivity index (χ1n) is 11.2. The van der Waals surface area contributed by atoms with Crippen LogP contribution < -0.4 is 0 Å². The fourth-order valence-electron chi connectivity index (χ4n) is 4.12. The summed E-state index contributed by atoms with van der Waals surface area (Å²) < 4.78 is 0. The molecule has 0 aliphatic heterocycles. The molecule has 0 spiro atoms. The summed E-state index contributed by atoms with van der Waals surface area (Å²) in [5.74, 6) is 0. The Balaban J connectivity index is 4.42. The van der Waals surface area contributed by atoms with E-state index in [-0.39, 0.29) is 0 Å². The Kier molecular flexibility index (Phi) is 14.6. The first kappa shape index (κ1) is 30.1. The van der Waals surface area contributed by atoms with Crippen LogP contribution in [0.2, 0.25) is 0 Å². The van der Waals surface area contributed by atoms with Gasteiger partial charge in [0.1, 0.15) is 0 Å². The fraction of sp³-hybridized carbons (Fsp3) is 0.750. The van der Waals surface area contributed by atoms with E-state index in [1.54, 1.807) is 0 Å². The van der Waals surface area contributed by atoms with E-state index in [4.69, 9.17) is 0 Å². The van der Waals surface area contributed by atoms with Gasteiger partial charge in [0.2, 0.25) is 0 Å². The molecule has 30 heavy (non-hydrogen) atoms. The van der Waals surface area contributed by atoms with Gasteiger partial charge in [-0.15, -0.1) is 0 Å². The second-order valence-corrected chi connectivity index (χ2v) is 14.4. The molecule has 6 atom stereocenters. The van der Waals surface area contributed by atoms with Gasteiger partial charge in [0.05, 0.1) is 0 Å². The molecule has 0 saturated carbocycles. The van der Waals surface area contributed by atoms with Gasteiger partial charge in [-0.3, -0.25) is 0 Å². The largest absolute Gasteiger partial charge is 0.0839 e. The molecule has 0 nitrogen and oxygen atoms in total. The molecule has 0 fully saturated rings. The summed E-state index contributed by atoms with van der Waals surface area (Å²) in [6, 6.07) is 0. The van der Waals surface area contributed by atoms with Crippen molar-refractivity contribution in [1.82, 2.24) is 0 Å². The van der Waals surface area contributed by atoms with E-state index in [2.05, 4.69) is 137 Å². The lowest BCUT2D eigenvalue weighted by atomic mass is 9.78. The second-order valence-electron chi connectivity index (χ2n) is 7.74. The number of halogens is 6. The number of hydrogen-bond donors (Lipinski definition) is 0. The van der Waals surface area contributed by atoms with Crippen LogP contribution in [0.1, 0.15) is 142 Å². The van der Waals surface area contributed by atoms with Crippen molar-refractivity contribution in [3.05, 3.63) is 33.4 Å². The molecule has 1 aromatic carbocycles. The minimum Gasteiger partial charge on any atom is -0.0839 e. The number of hydrogen-bond acceptors (Lipinski definition) is 0. The normalized spacial score (nSPS) is 18.0. The van der Waals surface area contributed by atoms with Gasteiger partial charge >= 0.3 is 0 Å². The van der Waals surface area contributed by atoms with Crippen molar-refractivity contribution in [2.24, 2.45) is 0 Å². The van der Waals surface area contributed by atoms with Crippen molar-refractivity contribution >= 4 is 95.6 Å². The molecule has 6 heteroatoms. The predicted octanol–water partition coefficient (Wildman–Crippen LogP) is 12.8. The molecule has 1 aromatic rings. The van der Waals surface area contributed by atoms with Gasteiger partial charge < -0.3 is 0 Å². The molecule has 6 unspecified atom stereocenters. The van der Waals surface area contributed by atoms with Crippen molar-refractivity contribution < 1.29 is 0 Å². The van der Waals surface area contributed by atoms with Crippen LogP contribution >= 0.6 is 95.6 Å². The van der Waals surface area contributed by atoms with Crippen LogP contribution in [0.4, 0.5) is 0 Å². The topological polar surface area (TPSA) is 0 Å². The highest BCUT2D eigenvalue weighted by Crippen LogP contribution is 2.55. The van der Waals surface area contributed by atoms with Crippen LogP contribution in [0.25, 0.3) is 0 Å². The smallest absolute Gasteiger partial charge is 0.0399 e. The Morgan fingerprint density at radius 2 is 0.433 bits per heavy atom. The van der Waals surface area contributed by atoms with Crippen LogP contribution in [-0.4, -0.2) is 0 Å². The quantitative estimate of drug-likeness (QED) is 0.185. The summed E-state index contributed by atoms with van der Waals surface area (Å²) in [6.45, 7) is 13.7. The highest BCUT2D eigenvalue weighted by atomic mass is 79.9. The van der Waals surface area contributed by atoms with Gasteiger partial charge in [0, 0.05) is 29.0 Å². The zero-order valence-electron chi connectivity index (χ0n) is 19.0. The third kappa shape index (κ3) is 6.61. The fourth-order valence-corrected chi connectivity index (χ4v) is 7.08. The van der Waals surface area contributed by atoms with Crippen molar-refractivity contribution in [2.45, 2.75) is 109 Å². The third-order valence-corrected chi connectivity index (χ3v) is 12.4. The Morgan fingerprint density at radius 1 is 0.333 bits per heavy atom. The zero-order valence-corrected chi connectivity index (χ0v) is 28.5. The van der Waals surface area contributed by atoms with Crippen molar-refractivity contribution in [3.63, 3.8) is 0 Å². The van der Waals surface area contributed by atoms with Gasteiger partial charge in [0.25, 0.3) is 0 Å². The van der Waals surface area contributed by atoms with Crippen LogP contribution in [0, 0.1) is 0 Å². The first-order valence-corrected chi connectivity index (χ1v) is 16.7. The van der Waals surface area contributed by atoms with Crippen LogP contribution in [0.3, 0.4) is 0 Å². The Morgan fingerprint density at radius 3 is 0.500 bits per heavy atom. The average Bonchev–Trinajstić information content (AvgIpc) is 2.78. The van der Waals surface area contributed by atoms with E-state index in [9.17, 15) is 0 Å². The minimum absolute atomic E-state index is 0.329. The summed E-state index contributed by atoms with van der Waals surface area (Å²) in [5.41, 5.74) is 8.95. The van der Waals surface area contributed by atoms with E-state index in [0.29, 0.717) is 29.0 Å². The molecule has 0 amide bonds. The van der Waals surface area contributed by atoms with E-state index >= 15 is 0 Å². The summed E-state index contributed by atoms with van der Waals surface area (Å²) in [4.78, 5) is 1.98. The molecule has 0 radical (unpaired) electrons. The molecule has 0 saturated heterocycles. The van der Waals surface area contributed by atoms with E-state index in [0.717, 1.165) is 38.5 Å². The molecule has 174 valence electrons. The molecule has 0 aliphatic rings. The lowest BCUT2D eigenvalue weighted by Crippen LogP contribution is -2.19. The van der Waals surface area contributed by atoms with Crippen LogP contribution in [0.15, 0.2) is 0 Å². The highest BCUT2D eigenvalue weighted by molar-refractivity contribution is 9.10.